The molecule has 2 rings (SSSR count). The van der Waals surface area contributed by atoms with Gasteiger partial charge in [0.1, 0.15) is 5.56 Å². The molecule has 0 radical (unpaired) electrons. The molecule has 0 aliphatic heterocycles. The van der Waals surface area contributed by atoms with Crippen molar-refractivity contribution in [2.75, 3.05) is 6.54 Å². The number of hydrogen-bond donors (Lipinski definition) is 1. The number of carbonyl (C=O) groups excluding carboxylic acids is 1. The minimum absolute atomic E-state index is 0.164. The first kappa shape index (κ1) is 10.4. The van der Waals surface area contributed by atoms with Gasteiger partial charge in [-0.1, -0.05) is 35.5 Å². The topological polar surface area (TPSA) is 55.1 Å². The maximum absolute atomic E-state index is 11.7. The molecule has 1 N–H and O–H groups in total. The fourth-order valence-electron chi connectivity index (χ4n) is 1.45. The van der Waals surface area contributed by atoms with Crippen molar-refractivity contribution in [3.8, 4) is 11.3 Å². The van der Waals surface area contributed by atoms with E-state index in [1.54, 1.807) is 0 Å². The molecule has 0 aliphatic rings. The van der Waals surface area contributed by atoms with Crippen LogP contribution in [0, 0.1) is 0 Å². The van der Waals surface area contributed by atoms with Gasteiger partial charge in [0.25, 0.3) is 5.91 Å². The molecule has 1 amide bonds. The lowest BCUT2D eigenvalue weighted by Crippen LogP contribution is -2.22. The maximum Gasteiger partial charge on any atom is 0.256 e. The molecule has 2 aromatic rings. The van der Waals surface area contributed by atoms with E-state index in [4.69, 9.17) is 4.52 Å². The van der Waals surface area contributed by atoms with Crippen LogP contribution >= 0.6 is 0 Å². The van der Waals surface area contributed by atoms with Crippen LogP contribution in [0.2, 0.25) is 0 Å². The van der Waals surface area contributed by atoms with Gasteiger partial charge in [0.15, 0.2) is 5.76 Å². The number of hydrogen-bond acceptors (Lipinski definition) is 3. The Kier molecular flexibility index (Phi) is 3.00. The van der Waals surface area contributed by atoms with E-state index in [2.05, 4.69) is 10.5 Å². The van der Waals surface area contributed by atoms with Gasteiger partial charge in [0.2, 0.25) is 0 Å². The highest BCUT2D eigenvalue weighted by molar-refractivity contribution is 5.99. The summed E-state index contributed by atoms with van der Waals surface area (Å²) < 4.78 is 5.11. The molecule has 0 atom stereocenters. The Bertz CT molecular complexity index is 477. The first-order chi connectivity index (χ1) is 7.83. The third-order valence-corrected chi connectivity index (χ3v) is 2.19. The monoisotopic (exact) mass is 216 g/mol. The lowest BCUT2D eigenvalue weighted by molar-refractivity contribution is 0.0956. The van der Waals surface area contributed by atoms with E-state index in [0.29, 0.717) is 17.9 Å². The molecule has 0 saturated heterocycles. The molecule has 0 spiro atoms. The van der Waals surface area contributed by atoms with Crippen LogP contribution in [0.15, 0.2) is 41.1 Å². The van der Waals surface area contributed by atoms with Crippen molar-refractivity contribution in [3.63, 3.8) is 0 Å². The number of aromatic nitrogens is 1. The molecule has 0 aliphatic carbocycles. The molecular formula is C12H12N2O2. The van der Waals surface area contributed by atoms with Gasteiger partial charge >= 0.3 is 0 Å². The van der Waals surface area contributed by atoms with Gasteiger partial charge in [0, 0.05) is 12.1 Å². The number of rotatable bonds is 3. The molecule has 4 nitrogen and oxygen atoms in total. The third kappa shape index (κ3) is 1.95. The lowest BCUT2D eigenvalue weighted by Gasteiger charge is -2.01. The average Bonchev–Trinajstić information content (AvgIpc) is 2.79. The number of nitrogens with one attached hydrogen (secondary N) is 1. The van der Waals surface area contributed by atoms with Crippen molar-refractivity contribution in [2.45, 2.75) is 6.92 Å². The molecule has 0 saturated carbocycles. The first-order valence-corrected chi connectivity index (χ1v) is 5.11. The van der Waals surface area contributed by atoms with Crippen LogP contribution in [-0.2, 0) is 0 Å². The normalized spacial score (nSPS) is 10.1. The first-order valence-electron chi connectivity index (χ1n) is 5.11. The van der Waals surface area contributed by atoms with E-state index in [1.807, 2.05) is 37.3 Å². The Morgan fingerprint density at radius 1 is 1.38 bits per heavy atom. The second-order valence-electron chi connectivity index (χ2n) is 3.29. The van der Waals surface area contributed by atoms with E-state index in [1.165, 1.54) is 6.20 Å². The van der Waals surface area contributed by atoms with E-state index in [-0.39, 0.29) is 5.91 Å². The predicted octanol–water partition coefficient (Wildman–Crippen LogP) is 2.09. The van der Waals surface area contributed by atoms with Crippen LogP contribution in [0.3, 0.4) is 0 Å². The summed E-state index contributed by atoms with van der Waals surface area (Å²) in [4.78, 5) is 11.7. The van der Waals surface area contributed by atoms with Crippen molar-refractivity contribution in [3.05, 3.63) is 42.1 Å². The fourth-order valence-corrected chi connectivity index (χ4v) is 1.45. The molecule has 0 unspecified atom stereocenters. The number of amides is 1. The van der Waals surface area contributed by atoms with Crippen LogP contribution in [0.25, 0.3) is 11.3 Å². The van der Waals surface area contributed by atoms with Gasteiger partial charge in [0.05, 0.1) is 6.20 Å². The smallest absolute Gasteiger partial charge is 0.256 e. The van der Waals surface area contributed by atoms with Gasteiger partial charge in [-0.3, -0.25) is 4.79 Å². The van der Waals surface area contributed by atoms with E-state index in [0.717, 1.165) is 5.56 Å². The van der Waals surface area contributed by atoms with Crippen LogP contribution in [0.4, 0.5) is 0 Å². The Balaban J connectivity index is 2.37. The second kappa shape index (κ2) is 4.61. The highest BCUT2D eigenvalue weighted by Crippen LogP contribution is 2.22. The van der Waals surface area contributed by atoms with Crippen LogP contribution in [0.1, 0.15) is 17.3 Å². The molecule has 1 aromatic carbocycles. The molecule has 4 heteroatoms. The maximum atomic E-state index is 11.7. The largest absolute Gasteiger partial charge is 0.355 e. The van der Waals surface area contributed by atoms with Gasteiger partial charge in [-0.25, -0.2) is 0 Å². The van der Waals surface area contributed by atoms with Crippen molar-refractivity contribution >= 4 is 5.91 Å². The van der Waals surface area contributed by atoms with Crippen molar-refractivity contribution in [1.29, 1.82) is 0 Å². The summed E-state index contributed by atoms with van der Waals surface area (Å²) in [6, 6.07) is 9.44. The van der Waals surface area contributed by atoms with Crippen molar-refractivity contribution in [2.24, 2.45) is 0 Å². The van der Waals surface area contributed by atoms with Gasteiger partial charge < -0.3 is 9.84 Å². The summed E-state index contributed by atoms with van der Waals surface area (Å²) in [5.74, 6) is 0.342. The summed E-state index contributed by atoms with van der Waals surface area (Å²) in [5, 5.41) is 6.39. The molecule has 1 heterocycles. The minimum Gasteiger partial charge on any atom is -0.355 e. The molecule has 82 valence electrons. The molecule has 0 bridgehead atoms. The minimum atomic E-state index is -0.164. The summed E-state index contributed by atoms with van der Waals surface area (Å²) in [6.45, 7) is 2.45. The Morgan fingerprint density at radius 2 is 2.12 bits per heavy atom. The molecule has 1 aromatic heterocycles. The van der Waals surface area contributed by atoms with Crippen LogP contribution in [0.5, 0.6) is 0 Å². The van der Waals surface area contributed by atoms with Gasteiger partial charge in [-0.2, -0.15) is 0 Å². The van der Waals surface area contributed by atoms with Gasteiger partial charge in [-0.05, 0) is 6.92 Å². The number of nitrogens with zero attached hydrogens (tertiary/aromatic N) is 1. The number of carbonyl (C=O) groups is 1. The van der Waals surface area contributed by atoms with E-state index in [9.17, 15) is 4.79 Å². The zero-order valence-corrected chi connectivity index (χ0v) is 8.93. The average molecular weight is 216 g/mol. The predicted molar refractivity (Wildman–Crippen MR) is 59.9 cm³/mol. The van der Waals surface area contributed by atoms with E-state index < -0.39 is 0 Å². The van der Waals surface area contributed by atoms with Crippen LogP contribution < -0.4 is 5.32 Å². The number of benzene rings is 1. The molecule has 16 heavy (non-hydrogen) atoms. The van der Waals surface area contributed by atoms with Crippen LogP contribution in [-0.4, -0.2) is 17.6 Å². The Labute approximate surface area is 93.3 Å². The van der Waals surface area contributed by atoms with Gasteiger partial charge in [-0.15, -0.1) is 0 Å². The third-order valence-electron chi connectivity index (χ3n) is 2.19. The lowest BCUT2D eigenvalue weighted by atomic mass is 10.1. The van der Waals surface area contributed by atoms with Crippen molar-refractivity contribution < 1.29 is 9.32 Å². The Hall–Kier alpha value is -2.10. The van der Waals surface area contributed by atoms with E-state index >= 15 is 0 Å². The highest BCUT2D eigenvalue weighted by atomic mass is 16.5. The Morgan fingerprint density at radius 3 is 2.81 bits per heavy atom. The summed E-state index contributed by atoms with van der Waals surface area (Å²) in [5.41, 5.74) is 1.31. The highest BCUT2D eigenvalue weighted by Gasteiger charge is 2.16. The fraction of sp³-hybridized carbons (Fsp3) is 0.167. The zero-order chi connectivity index (χ0) is 11.4. The summed E-state index contributed by atoms with van der Waals surface area (Å²) >= 11 is 0. The summed E-state index contributed by atoms with van der Waals surface area (Å²) in [7, 11) is 0. The standard InChI is InChI=1S/C12H12N2O2/c1-2-13-12(15)10-8-14-16-11(10)9-6-4-3-5-7-9/h3-8H,2H2,1H3,(H,13,15). The molecule has 0 fully saturated rings. The second-order valence-corrected chi connectivity index (χ2v) is 3.29. The van der Waals surface area contributed by atoms with Crippen molar-refractivity contribution in [1.82, 2.24) is 10.5 Å². The summed E-state index contributed by atoms with van der Waals surface area (Å²) in [6.07, 6.45) is 1.44. The quantitative estimate of drug-likeness (QED) is 0.854. The zero-order valence-electron chi connectivity index (χ0n) is 8.93. The SMILES string of the molecule is CCNC(=O)c1cnoc1-c1ccccc1. The molecular weight excluding hydrogens is 204 g/mol.